The summed E-state index contributed by atoms with van der Waals surface area (Å²) in [6, 6.07) is 0. The minimum atomic E-state index is -0.661. The summed E-state index contributed by atoms with van der Waals surface area (Å²) in [5.74, 6) is -1.25. The van der Waals surface area contributed by atoms with Crippen molar-refractivity contribution in [1.29, 1.82) is 0 Å². The van der Waals surface area contributed by atoms with Gasteiger partial charge in [0, 0.05) is 0 Å². The molecule has 15 heavy (non-hydrogen) atoms. The molecule has 1 atom stereocenters. The van der Waals surface area contributed by atoms with Crippen molar-refractivity contribution >= 4 is 11.8 Å². The molecule has 3 nitrogen and oxygen atoms in total. The van der Waals surface area contributed by atoms with Crippen LogP contribution in [0.1, 0.15) is 27.2 Å². The third-order valence-electron chi connectivity index (χ3n) is 1.87. The highest BCUT2D eigenvalue weighted by atomic mass is 16.5. The van der Waals surface area contributed by atoms with Crippen LogP contribution in [0.5, 0.6) is 0 Å². The number of ether oxygens (including phenoxy) is 1. The lowest BCUT2D eigenvalue weighted by atomic mass is 10.0. The Balaban J connectivity index is 4.28. The molecule has 0 saturated carbocycles. The second-order valence-corrected chi connectivity index (χ2v) is 3.10. The second kappa shape index (κ2) is 7.97. The standard InChI is InChI=1S/C12H18O3/c1-4-6-7-8-9-11(10(3)13)12(14)15-5-2/h4,6-8,11H,5,9H2,1-3H3. The molecule has 0 aromatic carbocycles. The number of rotatable bonds is 6. The van der Waals surface area contributed by atoms with Crippen LogP contribution in [-0.4, -0.2) is 18.4 Å². The molecule has 0 bridgehead atoms. The number of esters is 1. The molecule has 0 spiro atoms. The molecule has 0 aliphatic rings. The first-order valence-corrected chi connectivity index (χ1v) is 5.08. The van der Waals surface area contributed by atoms with Gasteiger partial charge in [0.2, 0.25) is 0 Å². The first-order valence-electron chi connectivity index (χ1n) is 5.08. The summed E-state index contributed by atoms with van der Waals surface area (Å²) in [6.45, 7) is 5.34. The Morgan fingerprint density at radius 2 is 2.00 bits per heavy atom. The van der Waals surface area contributed by atoms with Gasteiger partial charge in [0.05, 0.1) is 6.61 Å². The number of ketones is 1. The van der Waals surface area contributed by atoms with E-state index in [1.165, 1.54) is 6.92 Å². The number of carbonyl (C=O) groups is 2. The van der Waals surface area contributed by atoms with Crippen LogP contribution in [0.3, 0.4) is 0 Å². The molecule has 84 valence electrons. The fourth-order valence-corrected chi connectivity index (χ4v) is 1.08. The Morgan fingerprint density at radius 1 is 1.33 bits per heavy atom. The maximum atomic E-state index is 11.4. The monoisotopic (exact) mass is 210 g/mol. The number of Topliss-reactive ketones (excluding diaryl/α,β-unsaturated/α-hetero) is 1. The van der Waals surface area contributed by atoms with Crippen molar-refractivity contribution in [1.82, 2.24) is 0 Å². The first-order chi connectivity index (χ1) is 7.13. The molecule has 0 heterocycles. The lowest BCUT2D eigenvalue weighted by Crippen LogP contribution is -2.23. The van der Waals surface area contributed by atoms with Crippen LogP contribution < -0.4 is 0 Å². The van der Waals surface area contributed by atoms with Crippen LogP contribution in [0.25, 0.3) is 0 Å². The van der Waals surface area contributed by atoms with E-state index in [0.29, 0.717) is 13.0 Å². The zero-order chi connectivity index (χ0) is 11.7. The van der Waals surface area contributed by atoms with E-state index in [1.54, 1.807) is 13.0 Å². The lowest BCUT2D eigenvalue weighted by Gasteiger charge is -2.09. The summed E-state index contributed by atoms with van der Waals surface area (Å²) >= 11 is 0. The normalized spacial score (nSPS) is 13.3. The Bertz CT molecular complexity index is 264. The maximum absolute atomic E-state index is 11.4. The van der Waals surface area contributed by atoms with Gasteiger partial charge in [-0.25, -0.2) is 0 Å². The highest BCUT2D eigenvalue weighted by Crippen LogP contribution is 2.08. The number of hydrogen-bond donors (Lipinski definition) is 0. The molecular weight excluding hydrogens is 192 g/mol. The average molecular weight is 210 g/mol. The SMILES string of the molecule is CC=CC=CCC(C(C)=O)C(=O)OCC. The van der Waals surface area contributed by atoms with Gasteiger partial charge in [-0.2, -0.15) is 0 Å². The molecule has 0 rings (SSSR count). The summed E-state index contributed by atoms with van der Waals surface area (Å²) in [6.07, 6.45) is 7.74. The average Bonchev–Trinajstić information content (AvgIpc) is 2.17. The molecule has 0 aliphatic heterocycles. The number of carbonyl (C=O) groups excluding carboxylic acids is 2. The van der Waals surface area contributed by atoms with Crippen molar-refractivity contribution in [2.45, 2.75) is 27.2 Å². The van der Waals surface area contributed by atoms with Crippen LogP contribution in [0.4, 0.5) is 0 Å². The predicted molar refractivity (Wildman–Crippen MR) is 59.4 cm³/mol. The van der Waals surface area contributed by atoms with Crippen LogP contribution in [0, 0.1) is 5.92 Å². The van der Waals surface area contributed by atoms with E-state index in [1.807, 2.05) is 25.2 Å². The van der Waals surface area contributed by atoms with Gasteiger partial charge in [-0.05, 0) is 27.2 Å². The van der Waals surface area contributed by atoms with E-state index in [-0.39, 0.29) is 5.78 Å². The molecule has 0 amide bonds. The topological polar surface area (TPSA) is 43.4 Å². The van der Waals surface area contributed by atoms with E-state index >= 15 is 0 Å². The van der Waals surface area contributed by atoms with E-state index in [9.17, 15) is 9.59 Å². The van der Waals surface area contributed by atoms with E-state index in [2.05, 4.69) is 0 Å². The van der Waals surface area contributed by atoms with Gasteiger partial charge in [-0.1, -0.05) is 24.3 Å². The van der Waals surface area contributed by atoms with Gasteiger partial charge in [0.15, 0.2) is 0 Å². The van der Waals surface area contributed by atoms with Crippen molar-refractivity contribution in [2.24, 2.45) is 5.92 Å². The predicted octanol–water partition coefficient (Wildman–Crippen LogP) is 2.28. The van der Waals surface area contributed by atoms with Crippen molar-refractivity contribution < 1.29 is 14.3 Å². The van der Waals surface area contributed by atoms with Crippen LogP contribution in [0.15, 0.2) is 24.3 Å². The third-order valence-corrected chi connectivity index (χ3v) is 1.87. The molecule has 0 fully saturated rings. The van der Waals surface area contributed by atoms with E-state index in [0.717, 1.165) is 0 Å². The molecule has 0 aromatic heterocycles. The van der Waals surface area contributed by atoms with E-state index < -0.39 is 11.9 Å². The molecule has 0 aliphatic carbocycles. The molecule has 0 saturated heterocycles. The fourth-order valence-electron chi connectivity index (χ4n) is 1.08. The van der Waals surface area contributed by atoms with Crippen LogP contribution >= 0.6 is 0 Å². The Hall–Kier alpha value is -1.38. The summed E-state index contributed by atoms with van der Waals surface area (Å²) in [7, 11) is 0. The van der Waals surface area contributed by atoms with Crippen molar-refractivity contribution in [3.8, 4) is 0 Å². The van der Waals surface area contributed by atoms with Crippen molar-refractivity contribution in [3.63, 3.8) is 0 Å². The van der Waals surface area contributed by atoms with Gasteiger partial charge in [0.25, 0.3) is 0 Å². The van der Waals surface area contributed by atoms with E-state index in [4.69, 9.17) is 4.74 Å². The zero-order valence-corrected chi connectivity index (χ0v) is 9.53. The zero-order valence-electron chi connectivity index (χ0n) is 9.53. The van der Waals surface area contributed by atoms with Gasteiger partial charge in [-0.3, -0.25) is 9.59 Å². The minimum absolute atomic E-state index is 0.154. The smallest absolute Gasteiger partial charge is 0.316 e. The first kappa shape index (κ1) is 13.6. The van der Waals surface area contributed by atoms with Crippen LogP contribution in [0.2, 0.25) is 0 Å². The maximum Gasteiger partial charge on any atom is 0.316 e. The Morgan fingerprint density at radius 3 is 2.47 bits per heavy atom. The molecule has 1 unspecified atom stereocenters. The summed E-state index contributed by atoms with van der Waals surface area (Å²) in [5.41, 5.74) is 0. The summed E-state index contributed by atoms with van der Waals surface area (Å²) in [5, 5.41) is 0. The molecule has 0 radical (unpaired) electrons. The van der Waals surface area contributed by atoms with Crippen LogP contribution in [-0.2, 0) is 14.3 Å². The van der Waals surface area contributed by atoms with Crippen molar-refractivity contribution in [3.05, 3.63) is 24.3 Å². The Kier molecular flexibility index (Phi) is 7.24. The molecule has 0 aromatic rings. The molecule has 3 heteroatoms. The minimum Gasteiger partial charge on any atom is -0.465 e. The van der Waals surface area contributed by atoms with Gasteiger partial charge in [-0.15, -0.1) is 0 Å². The summed E-state index contributed by atoms with van der Waals surface area (Å²) < 4.78 is 4.81. The largest absolute Gasteiger partial charge is 0.465 e. The van der Waals surface area contributed by atoms with Gasteiger partial charge < -0.3 is 4.74 Å². The fraction of sp³-hybridized carbons (Fsp3) is 0.500. The van der Waals surface area contributed by atoms with Gasteiger partial charge in [0.1, 0.15) is 11.7 Å². The molecule has 0 N–H and O–H groups in total. The van der Waals surface area contributed by atoms with Crippen molar-refractivity contribution in [2.75, 3.05) is 6.61 Å². The highest BCUT2D eigenvalue weighted by molar-refractivity contribution is 5.97. The quantitative estimate of drug-likeness (QED) is 0.384. The van der Waals surface area contributed by atoms with Gasteiger partial charge >= 0.3 is 5.97 Å². The Labute approximate surface area is 90.8 Å². The third kappa shape index (κ3) is 5.83. The number of hydrogen-bond acceptors (Lipinski definition) is 3. The lowest BCUT2D eigenvalue weighted by molar-refractivity contribution is -0.150. The molecular formula is C12H18O3. The highest BCUT2D eigenvalue weighted by Gasteiger charge is 2.22. The second-order valence-electron chi connectivity index (χ2n) is 3.10. The number of allylic oxidation sites excluding steroid dienone is 4. The summed E-state index contributed by atoms with van der Waals surface area (Å²) in [4.78, 5) is 22.5.